The maximum absolute atomic E-state index is 12.6. The number of ether oxygens (including phenoxy) is 1. The molecule has 0 aromatic heterocycles. The molecule has 0 unspecified atom stereocenters. The zero-order chi connectivity index (χ0) is 21.7. The lowest BCUT2D eigenvalue weighted by Gasteiger charge is -2.29. The molecule has 1 saturated heterocycles. The number of nitrogens with one attached hydrogen (secondary N) is 1. The highest BCUT2D eigenvalue weighted by atomic mass is 32.2. The highest BCUT2D eigenvalue weighted by Gasteiger charge is 2.24. The number of sulfonamides is 1. The van der Waals surface area contributed by atoms with E-state index in [0.29, 0.717) is 17.1 Å². The average Bonchev–Trinajstić information content (AvgIpc) is 2.72. The van der Waals surface area contributed by atoms with Gasteiger partial charge in [-0.25, -0.2) is 8.42 Å². The number of piperidine rings is 1. The van der Waals surface area contributed by atoms with Crippen LogP contribution in [0, 0.1) is 6.92 Å². The highest BCUT2D eigenvalue weighted by molar-refractivity contribution is 7.92. The molecule has 0 spiro atoms. The summed E-state index contributed by atoms with van der Waals surface area (Å²) >= 11 is 0. The second-order valence-electron chi connectivity index (χ2n) is 7.59. The summed E-state index contributed by atoms with van der Waals surface area (Å²) in [5, 5.41) is 2.79. The molecule has 1 heterocycles. The number of carbonyl (C=O) groups excluding carboxylic acids is 1. The van der Waals surface area contributed by atoms with Gasteiger partial charge in [-0.15, -0.1) is 0 Å². The van der Waals surface area contributed by atoms with Crippen LogP contribution in [0.1, 0.15) is 24.8 Å². The summed E-state index contributed by atoms with van der Waals surface area (Å²) in [5.41, 5.74) is 2.98. The summed E-state index contributed by atoms with van der Waals surface area (Å²) in [5.74, 6) is -0.0283. The molecule has 1 fully saturated rings. The van der Waals surface area contributed by atoms with E-state index in [1.165, 1.54) is 26.4 Å². The van der Waals surface area contributed by atoms with Crippen molar-refractivity contribution in [1.29, 1.82) is 0 Å². The Bertz CT molecular complexity index is 984. The van der Waals surface area contributed by atoms with E-state index < -0.39 is 15.9 Å². The van der Waals surface area contributed by atoms with Crippen molar-refractivity contribution in [1.82, 2.24) is 0 Å². The molecular weight excluding hydrogens is 402 g/mol. The topological polar surface area (TPSA) is 79.0 Å². The Kier molecular flexibility index (Phi) is 6.87. The van der Waals surface area contributed by atoms with Gasteiger partial charge in [0.25, 0.3) is 0 Å². The second-order valence-corrected chi connectivity index (χ2v) is 9.49. The van der Waals surface area contributed by atoms with Gasteiger partial charge in [-0.05, 0) is 68.1 Å². The Morgan fingerprint density at radius 2 is 1.77 bits per heavy atom. The minimum absolute atomic E-state index is 0.341. The number of carbonyl (C=O) groups is 1. The summed E-state index contributed by atoms with van der Waals surface area (Å²) in [6.07, 6.45) is 4.74. The Labute approximate surface area is 178 Å². The van der Waals surface area contributed by atoms with E-state index in [-0.39, 0.29) is 6.54 Å². The summed E-state index contributed by atoms with van der Waals surface area (Å²) in [6.45, 7) is 3.61. The van der Waals surface area contributed by atoms with Crippen LogP contribution in [0.2, 0.25) is 0 Å². The van der Waals surface area contributed by atoms with Crippen LogP contribution in [0.3, 0.4) is 0 Å². The molecule has 1 aliphatic rings. The van der Waals surface area contributed by atoms with Crippen molar-refractivity contribution in [2.45, 2.75) is 26.2 Å². The van der Waals surface area contributed by atoms with Crippen molar-refractivity contribution in [3.63, 3.8) is 0 Å². The molecule has 30 heavy (non-hydrogen) atoms. The molecule has 8 heteroatoms. The number of amides is 1. The Balaban J connectivity index is 1.73. The van der Waals surface area contributed by atoms with Crippen LogP contribution in [0.15, 0.2) is 42.5 Å². The van der Waals surface area contributed by atoms with Crippen molar-refractivity contribution in [3.8, 4) is 5.75 Å². The third kappa shape index (κ3) is 5.44. The quantitative estimate of drug-likeness (QED) is 0.727. The summed E-state index contributed by atoms with van der Waals surface area (Å²) < 4.78 is 31.2. The van der Waals surface area contributed by atoms with Gasteiger partial charge in [0.2, 0.25) is 15.9 Å². The van der Waals surface area contributed by atoms with Crippen LogP contribution in [0.25, 0.3) is 0 Å². The van der Waals surface area contributed by atoms with Crippen LogP contribution in [-0.2, 0) is 14.8 Å². The molecule has 0 aliphatic carbocycles. The number of hydrogen-bond donors (Lipinski definition) is 1. The molecule has 0 atom stereocenters. The predicted molar refractivity (Wildman–Crippen MR) is 121 cm³/mol. The van der Waals surface area contributed by atoms with Gasteiger partial charge in [0.1, 0.15) is 12.3 Å². The van der Waals surface area contributed by atoms with E-state index in [1.807, 2.05) is 37.3 Å². The molecule has 2 aromatic carbocycles. The monoisotopic (exact) mass is 431 g/mol. The number of benzene rings is 2. The number of aryl methyl sites for hydroxylation is 1. The molecule has 0 saturated carbocycles. The Morgan fingerprint density at radius 1 is 1.10 bits per heavy atom. The van der Waals surface area contributed by atoms with Gasteiger partial charge in [0, 0.05) is 24.5 Å². The third-order valence-corrected chi connectivity index (χ3v) is 6.29. The van der Waals surface area contributed by atoms with Crippen LogP contribution >= 0.6 is 0 Å². The fourth-order valence-corrected chi connectivity index (χ4v) is 4.47. The predicted octanol–water partition coefficient (Wildman–Crippen LogP) is 3.40. The fourth-order valence-electron chi connectivity index (χ4n) is 3.61. The Hall–Kier alpha value is -2.74. The molecular formula is C22H29N3O4S. The van der Waals surface area contributed by atoms with Crippen molar-refractivity contribution in [2.75, 3.05) is 47.5 Å². The molecule has 0 bridgehead atoms. The van der Waals surface area contributed by atoms with Crippen LogP contribution < -0.4 is 19.3 Å². The largest absolute Gasteiger partial charge is 0.495 e. The second kappa shape index (κ2) is 9.38. The number of rotatable bonds is 7. The van der Waals surface area contributed by atoms with Crippen molar-refractivity contribution < 1.29 is 17.9 Å². The molecule has 0 radical (unpaired) electrons. The van der Waals surface area contributed by atoms with Gasteiger partial charge >= 0.3 is 0 Å². The van der Waals surface area contributed by atoms with Gasteiger partial charge in [-0.3, -0.25) is 9.10 Å². The average molecular weight is 432 g/mol. The first-order valence-electron chi connectivity index (χ1n) is 10.0. The zero-order valence-corrected chi connectivity index (χ0v) is 18.5. The number of hydrogen-bond acceptors (Lipinski definition) is 5. The van der Waals surface area contributed by atoms with Crippen LogP contribution in [0.4, 0.5) is 17.1 Å². The van der Waals surface area contributed by atoms with Crippen molar-refractivity contribution in [2.24, 2.45) is 0 Å². The van der Waals surface area contributed by atoms with Gasteiger partial charge in [-0.2, -0.15) is 0 Å². The maximum Gasteiger partial charge on any atom is 0.245 e. The van der Waals surface area contributed by atoms with E-state index in [2.05, 4.69) is 10.2 Å². The van der Waals surface area contributed by atoms with Crippen LogP contribution in [-0.4, -0.2) is 47.3 Å². The summed E-state index contributed by atoms with van der Waals surface area (Å²) in [6, 6.07) is 12.9. The molecule has 162 valence electrons. The fraction of sp³-hybridized carbons (Fsp3) is 0.409. The maximum atomic E-state index is 12.6. The van der Waals surface area contributed by atoms with Gasteiger partial charge in [-0.1, -0.05) is 6.07 Å². The molecule has 1 amide bonds. The minimum atomic E-state index is -3.69. The molecule has 3 rings (SSSR count). The minimum Gasteiger partial charge on any atom is -0.495 e. The molecule has 1 N–H and O–H groups in total. The third-order valence-electron chi connectivity index (χ3n) is 5.16. The van der Waals surface area contributed by atoms with E-state index in [4.69, 9.17) is 4.74 Å². The number of nitrogens with zero attached hydrogens (tertiary/aromatic N) is 2. The lowest BCUT2D eigenvalue weighted by atomic mass is 10.1. The SMILES string of the molecule is COc1ccc(C)cc1N(CC(=O)Nc1ccc(N2CCCCC2)cc1)S(C)(=O)=O. The zero-order valence-electron chi connectivity index (χ0n) is 17.7. The summed E-state index contributed by atoms with van der Waals surface area (Å²) in [4.78, 5) is 15.0. The van der Waals surface area contributed by atoms with Crippen molar-refractivity contribution in [3.05, 3.63) is 48.0 Å². The van der Waals surface area contributed by atoms with E-state index in [9.17, 15) is 13.2 Å². The number of anilines is 3. The first kappa shape index (κ1) is 22.0. The molecule has 2 aromatic rings. The van der Waals surface area contributed by atoms with E-state index in [1.54, 1.807) is 12.1 Å². The smallest absolute Gasteiger partial charge is 0.245 e. The normalized spacial score (nSPS) is 14.3. The van der Waals surface area contributed by atoms with E-state index in [0.717, 1.165) is 34.9 Å². The lowest BCUT2D eigenvalue weighted by molar-refractivity contribution is -0.114. The molecule has 1 aliphatic heterocycles. The highest BCUT2D eigenvalue weighted by Crippen LogP contribution is 2.31. The lowest BCUT2D eigenvalue weighted by Crippen LogP contribution is -2.37. The first-order chi connectivity index (χ1) is 14.3. The van der Waals surface area contributed by atoms with Crippen molar-refractivity contribution >= 4 is 33.0 Å². The van der Waals surface area contributed by atoms with Gasteiger partial charge in [0.05, 0.1) is 19.1 Å². The van der Waals surface area contributed by atoms with E-state index >= 15 is 0 Å². The number of methoxy groups -OCH3 is 1. The Morgan fingerprint density at radius 3 is 2.37 bits per heavy atom. The molecule has 7 nitrogen and oxygen atoms in total. The van der Waals surface area contributed by atoms with Crippen LogP contribution in [0.5, 0.6) is 5.75 Å². The van der Waals surface area contributed by atoms with Gasteiger partial charge < -0.3 is 15.0 Å². The summed E-state index contributed by atoms with van der Waals surface area (Å²) in [7, 11) is -2.22. The van der Waals surface area contributed by atoms with Gasteiger partial charge in [0.15, 0.2) is 0 Å². The first-order valence-corrected chi connectivity index (χ1v) is 11.9. The standard InChI is InChI=1S/C22H29N3O4S/c1-17-7-12-21(29-2)20(15-17)25(30(3,27)28)16-22(26)23-18-8-10-19(11-9-18)24-13-5-4-6-14-24/h7-12,15H,4-6,13-14,16H2,1-3H3,(H,23,26).